The van der Waals surface area contributed by atoms with E-state index in [0.717, 1.165) is 72.1 Å². The standard InChI is InChI=1S/C52H32N2O/c1-2-11-33(12-3-1)34-21-23-36(24-22-34)52-53-47(40-16-10-15-37(29-40)38-26-27-44-43-19-8-9-20-49(43)55-50(44)31-38)32-48(54-52)51-42-18-7-5-14-39(42)30-46-41-17-6-4-13-35(41)25-28-45(46)51/h1-32H. The molecular weight excluding hydrogens is 669 g/mol. The zero-order chi connectivity index (χ0) is 36.3. The fourth-order valence-electron chi connectivity index (χ4n) is 8.15. The SMILES string of the molecule is c1ccc(-c2ccc(-c3nc(-c4cccc(-c5ccc6c(c5)oc5ccccc56)c4)cc(-c4c5ccccc5cc5c4ccc4ccccc45)n3)cc2)cc1. The first-order chi connectivity index (χ1) is 27.2. The van der Waals surface area contributed by atoms with E-state index < -0.39 is 0 Å². The minimum atomic E-state index is 0.683. The molecule has 0 N–H and O–H groups in total. The number of furan rings is 1. The summed E-state index contributed by atoms with van der Waals surface area (Å²) < 4.78 is 6.27. The van der Waals surface area contributed by atoms with E-state index in [1.807, 2.05) is 18.2 Å². The lowest BCUT2D eigenvalue weighted by Crippen LogP contribution is -1.97. The molecule has 256 valence electrons. The summed E-state index contributed by atoms with van der Waals surface area (Å²) in [6.45, 7) is 0. The van der Waals surface area contributed by atoms with Gasteiger partial charge in [0, 0.05) is 27.5 Å². The van der Waals surface area contributed by atoms with Crippen molar-refractivity contribution in [3.8, 4) is 56.2 Å². The number of benzene rings is 9. The molecule has 0 amide bonds. The Kier molecular flexibility index (Phi) is 7.17. The van der Waals surface area contributed by atoms with Crippen molar-refractivity contribution in [2.45, 2.75) is 0 Å². The van der Waals surface area contributed by atoms with Crippen LogP contribution in [0.15, 0.2) is 199 Å². The van der Waals surface area contributed by atoms with E-state index in [1.54, 1.807) is 0 Å². The molecule has 11 rings (SSSR count). The molecule has 2 aromatic heterocycles. The fourth-order valence-corrected chi connectivity index (χ4v) is 8.15. The molecule has 0 aliphatic rings. The molecule has 0 unspecified atom stereocenters. The zero-order valence-corrected chi connectivity index (χ0v) is 29.8. The Labute approximate surface area is 317 Å². The van der Waals surface area contributed by atoms with E-state index >= 15 is 0 Å². The van der Waals surface area contributed by atoms with Crippen LogP contribution in [0.5, 0.6) is 0 Å². The number of hydrogen-bond donors (Lipinski definition) is 0. The second-order valence-corrected chi connectivity index (χ2v) is 14.1. The molecule has 9 aromatic carbocycles. The first kappa shape index (κ1) is 31.2. The normalized spacial score (nSPS) is 11.6. The average Bonchev–Trinajstić information content (AvgIpc) is 3.64. The van der Waals surface area contributed by atoms with Gasteiger partial charge in [0.2, 0.25) is 0 Å². The number of nitrogens with zero attached hydrogens (tertiary/aromatic N) is 2. The summed E-state index contributed by atoms with van der Waals surface area (Å²) in [6, 6.07) is 68.6. The van der Waals surface area contributed by atoms with E-state index in [-0.39, 0.29) is 0 Å². The largest absolute Gasteiger partial charge is 0.456 e. The van der Waals surface area contributed by atoms with E-state index in [1.165, 1.54) is 32.5 Å². The van der Waals surface area contributed by atoms with Crippen LogP contribution in [-0.4, -0.2) is 9.97 Å². The molecule has 2 heterocycles. The Morgan fingerprint density at radius 1 is 0.291 bits per heavy atom. The summed E-state index contributed by atoms with van der Waals surface area (Å²) in [5.74, 6) is 0.683. The maximum Gasteiger partial charge on any atom is 0.160 e. The van der Waals surface area contributed by atoms with Crippen LogP contribution >= 0.6 is 0 Å². The van der Waals surface area contributed by atoms with Crippen molar-refractivity contribution in [3.63, 3.8) is 0 Å². The van der Waals surface area contributed by atoms with Gasteiger partial charge >= 0.3 is 0 Å². The molecule has 11 aromatic rings. The number of aromatic nitrogens is 2. The minimum Gasteiger partial charge on any atom is -0.456 e. The van der Waals surface area contributed by atoms with Crippen molar-refractivity contribution < 1.29 is 4.42 Å². The maximum absolute atomic E-state index is 6.27. The van der Waals surface area contributed by atoms with Crippen LogP contribution < -0.4 is 0 Å². The third-order valence-corrected chi connectivity index (χ3v) is 10.9. The second-order valence-electron chi connectivity index (χ2n) is 14.1. The Bertz CT molecular complexity index is 3250. The highest BCUT2D eigenvalue weighted by Gasteiger charge is 2.18. The molecule has 0 saturated heterocycles. The van der Waals surface area contributed by atoms with Gasteiger partial charge in [0.25, 0.3) is 0 Å². The van der Waals surface area contributed by atoms with Crippen LogP contribution in [0, 0.1) is 0 Å². The average molecular weight is 701 g/mol. The van der Waals surface area contributed by atoms with E-state index in [2.05, 4.69) is 176 Å². The number of hydrogen-bond acceptors (Lipinski definition) is 3. The third kappa shape index (κ3) is 5.36. The van der Waals surface area contributed by atoms with Crippen LogP contribution in [0.1, 0.15) is 0 Å². The summed E-state index contributed by atoms with van der Waals surface area (Å²) in [6.07, 6.45) is 0. The molecule has 0 saturated carbocycles. The molecule has 0 atom stereocenters. The minimum absolute atomic E-state index is 0.683. The summed E-state index contributed by atoms with van der Waals surface area (Å²) >= 11 is 0. The van der Waals surface area contributed by atoms with Crippen LogP contribution in [-0.2, 0) is 0 Å². The highest BCUT2D eigenvalue weighted by Crippen LogP contribution is 2.41. The number of para-hydroxylation sites is 1. The molecule has 0 aliphatic heterocycles. The van der Waals surface area contributed by atoms with Crippen molar-refractivity contribution in [1.82, 2.24) is 9.97 Å². The molecule has 3 nitrogen and oxygen atoms in total. The van der Waals surface area contributed by atoms with E-state index in [0.29, 0.717) is 5.82 Å². The first-order valence-electron chi connectivity index (χ1n) is 18.6. The van der Waals surface area contributed by atoms with Gasteiger partial charge in [0.05, 0.1) is 11.4 Å². The van der Waals surface area contributed by atoms with Gasteiger partial charge in [-0.3, -0.25) is 0 Å². The lowest BCUT2D eigenvalue weighted by Gasteiger charge is -2.16. The summed E-state index contributed by atoms with van der Waals surface area (Å²) in [5, 5.41) is 9.41. The Morgan fingerprint density at radius 3 is 1.76 bits per heavy atom. The van der Waals surface area contributed by atoms with Gasteiger partial charge in [0.1, 0.15) is 11.2 Å². The zero-order valence-electron chi connectivity index (χ0n) is 29.8. The van der Waals surface area contributed by atoms with Gasteiger partial charge in [0.15, 0.2) is 5.82 Å². The molecule has 3 heteroatoms. The monoisotopic (exact) mass is 700 g/mol. The van der Waals surface area contributed by atoms with Gasteiger partial charge in [-0.1, -0.05) is 158 Å². The molecule has 0 spiro atoms. The van der Waals surface area contributed by atoms with Crippen molar-refractivity contribution >= 4 is 54.3 Å². The van der Waals surface area contributed by atoms with Crippen LogP contribution in [0.3, 0.4) is 0 Å². The van der Waals surface area contributed by atoms with Crippen molar-refractivity contribution in [2.75, 3.05) is 0 Å². The summed E-state index contributed by atoms with van der Waals surface area (Å²) in [4.78, 5) is 10.7. The maximum atomic E-state index is 6.27. The smallest absolute Gasteiger partial charge is 0.160 e. The van der Waals surface area contributed by atoms with Crippen LogP contribution in [0.4, 0.5) is 0 Å². The van der Waals surface area contributed by atoms with Crippen LogP contribution in [0.2, 0.25) is 0 Å². The van der Waals surface area contributed by atoms with E-state index in [4.69, 9.17) is 14.4 Å². The predicted octanol–water partition coefficient (Wildman–Crippen LogP) is 14.2. The Morgan fingerprint density at radius 2 is 0.891 bits per heavy atom. The van der Waals surface area contributed by atoms with Gasteiger partial charge in [-0.15, -0.1) is 0 Å². The summed E-state index contributed by atoms with van der Waals surface area (Å²) in [5.41, 5.74) is 11.1. The molecule has 0 radical (unpaired) electrons. The summed E-state index contributed by atoms with van der Waals surface area (Å²) in [7, 11) is 0. The quantitative estimate of drug-likeness (QED) is 0.133. The van der Waals surface area contributed by atoms with Crippen LogP contribution in [0.25, 0.3) is 110 Å². The lowest BCUT2D eigenvalue weighted by atomic mass is 9.91. The highest BCUT2D eigenvalue weighted by atomic mass is 16.3. The number of fused-ring (bicyclic) bond motifs is 7. The van der Waals surface area contributed by atoms with Gasteiger partial charge < -0.3 is 4.42 Å². The van der Waals surface area contributed by atoms with Gasteiger partial charge in [-0.2, -0.15) is 0 Å². The molecule has 0 bridgehead atoms. The second kappa shape index (κ2) is 12.6. The predicted molar refractivity (Wildman–Crippen MR) is 229 cm³/mol. The first-order valence-corrected chi connectivity index (χ1v) is 18.6. The van der Waals surface area contributed by atoms with Gasteiger partial charge in [-0.25, -0.2) is 9.97 Å². The Balaban J connectivity index is 1.12. The van der Waals surface area contributed by atoms with E-state index in [9.17, 15) is 0 Å². The van der Waals surface area contributed by atoms with Crippen molar-refractivity contribution in [3.05, 3.63) is 194 Å². The Hall–Kier alpha value is -7.36. The number of rotatable bonds is 5. The fraction of sp³-hybridized carbons (Fsp3) is 0. The van der Waals surface area contributed by atoms with Crippen molar-refractivity contribution in [2.24, 2.45) is 0 Å². The molecular formula is C52H32N2O. The molecule has 0 aliphatic carbocycles. The highest BCUT2D eigenvalue weighted by molar-refractivity contribution is 6.20. The van der Waals surface area contributed by atoms with Gasteiger partial charge in [-0.05, 0) is 91.0 Å². The van der Waals surface area contributed by atoms with Crippen molar-refractivity contribution in [1.29, 1.82) is 0 Å². The molecule has 55 heavy (non-hydrogen) atoms. The molecule has 0 fully saturated rings. The third-order valence-electron chi connectivity index (χ3n) is 10.9. The lowest BCUT2D eigenvalue weighted by molar-refractivity contribution is 0.669. The topological polar surface area (TPSA) is 38.9 Å².